The fraction of sp³-hybridized carbons (Fsp3) is 0.412. The molecular formula is C17H21FN4O. The van der Waals surface area contributed by atoms with Gasteiger partial charge < -0.3 is 10.6 Å². The summed E-state index contributed by atoms with van der Waals surface area (Å²) in [6.07, 6.45) is 3.61. The minimum absolute atomic E-state index is 0.0709. The molecule has 1 aromatic heterocycles. The zero-order valence-corrected chi connectivity index (χ0v) is 13.2. The highest BCUT2D eigenvalue weighted by Crippen LogP contribution is 2.20. The molecule has 23 heavy (non-hydrogen) atoms. The average Bonchev–Trinajstić information content (AvgIpc) is 3.04. The van der Waals surface area contributed by atoms with E-state index in [0.717, 1.165) is 12.8 Å². The maximum atomic E-state index is 13.8. The van der Waals surface area contributed by atoms with Crippen LogP contribution in [0, 0.1) is 11.7 Å². The summed E-state index contributed by atoms with van der Waals surface area (Å²) < 4.78 is 15.2. The summed E-state index contributed by atoms with van der Waals surface area (Å²) in [5.41, 5.74) is 6.63. The zero-order chi connectivity index (χ0) is 16.4. The lowest BCUT2D eigenvalue weighted by Gasteiger charge is -2.34. The van der Waals surface area contributed by atoms with E-state index in [0.29, 0.717) is 30.4 Å². The number of hydrogen-bond acceptors (Lipinski definition) is 3. The van der Waals surface area contributed by atoms with Gasteiger partial charge in [-0.1, -0.05) is 12.1 Å². The van der Waals surface area contributed by atoms with Gasteiger partial charge in [-0.3, -0.25) is 4.79 Å². The normalized spacial score (nSPS) is 19.6. The third kappa shape index (κ3) is 3.27. The fourth-order valence-electron chi connectivity index (χ4n) is 3.00. The number of benzene rings is 1. The van der Waals surface area contributed by atoms with Crippen molar-refractivity contribution in [2.75, 3.05) is 13.1 Å². The first-order valence-electron chi connectivity index (χ1n) is 7.91. The number of hydrogen-bond donors (Lipinski definition) is 1. The number of carbonyl (C=O) groups excluding carboxylic acids is 1. The van der Waals surface area contributed by atoms with Gasteiger partial charge in [0.2, 0.25) is 0 Å². The Balaban J connectivity index is 1.78. The highest BCUT2D eigenvalue weighted by molar-refractivity contribution is 5.92. The molecule has 2 atom stereocenters. The minimum Gasteiger partial charge on any atom is -0.337 e. The molecule has 1 amide bonds. The van der Waals surface area contributed by atoms with Crippen molar-refractivity contribution in [2.45, 2.75) is 25.8 Å². The molecule has 2 heterocycles. The molecule has 0 spiro atoms. The number of likely N-dealkylation sites (tertiary alicyclic amines) is 1. The molecule has 2 N–H and O–H groups in total. The SMILES string of the molecule is C[C@H](N)[C@H]1CCCN(C(=O)c2ccn(-c3ccccc3F)n2)C1. The van der Waals surface area contributed by atoms with Crippen LogP contribution in [-0.2, 0) is 0 Å². The van der Waals surface area contributed by atoms with Crippen LogP contribution in [0.1, 0.15) is 30.3 Å². The minimum atomic E-state index is -0.371. The molecule has 0 bridgehead atoms. The van der Waals surface area contributed by atoms with Gasteiger partial charge in [0.1, 0.15) is 11.5 Å². The second-order valence-corrected chi connectivity index (χ2v) is 6.11. The summed E-state index contributed by atoms with van der Waals surface area (Å²) in [5, 5.41) is 4.24. The Morgan fingerprint density at radius 3 is 2.91 bits per heavy atom. The summed E-state index contributed by atoms with van der Waals surface area (Å²) in [4.78, 5) is 14.4. The molecule has 1 aliphatic rings. The van der Waals surface area contributed by atoms with Gasteiger partial charge in [-0.2, -0.15) is 5.10 Å². The van der Waals surface area contributed by atoms with Crippen LogP contribution in [0.2, 0.25) is 0 Å². The van der Waals surface area contributed by atoms with Gasteiger partial charge in [0.15, 0.2) is 5.69 Å². The molecule has 0 aliphatic carbocycles. The van der Waals surface area contributed by atoms with Gasteiger partial charge in [0.25, 0.3) is 5.91 Å². The number of halogens is 1. The first-order valence-corrected chi connectivity index (χ1v) is 7.91. The van der Waals surface area contributed by atoms with E-state index in [9.17, 15) is 9.18 Å². The first kappa shape index (κ1) is 15.7. The number of nitrogens with two attached hydrogens (primary N) is 1. The molecule has 1 aromatic carbocycles. The number of amides is 1. The predicted octanol–water partition coefficient (Wildman–Crippen LogP) is 2.21. The molecule has 1 saturated heterocycles. The second kappa shape index (κ2) is 6.50. The van der Waals surface area contributed by atoms with Crippen LogP contribution in [0.3, 0.4) is 0 Å². The molecule has 6 heteroatoms. The third-order valence-corrected chi connectivity index (χ3v) is 4.40. The highest BCUT2D eigenvalue weighted by Gasteiger charge is 2.27. The van der Waals surface area contributed by atoms with Crippen LogP contribution >= 0.6 is 0 Å². The Hall–Kier alpha value is -2.21. The number of rotatable bonds is 3. The van der Waals surface area contributed by atoms with Gasteiger partial charge in [0.05, 0.1) is 0 Å². The molecule has 1 fully saturated rings. The maximum Gasteiger partial charge on any atom is 0.274 e. The molecule has 5 nitrogen and oxygen atoms in total. The number of para-hydroxylation sites is 1. The van der Waals surface area contributed by atoms with Crippen LogP contribution in [0.15, 0.2) is 36.5 Å². The van der Waals surface area contributed by atoms with Gasteiger partial charge in [-0.25, -0.2) is 9.07 Å². The molecule has 122 valence electrons. The van der Waals surface area contributed by atoms with E-state index < -0.39 is 0 Å². The lowest BCUT2D eigenvalue weighted by molar-refractivity contribution is 0.0654. The third-order valence-electron chi connectivity index (χ3n) is 4.40. The topological polar surface area (TPSA) is 64.2 Å². The summed E-state index contributed by atoms with van der Waals surface area (Å²) >= 11 is 0. The summed E-state index contributed by atoms with van der Waals surface area (Å²) in [6, 6.07) is 8.06. The van der Waals surface area contributed by atoms with Crippen LogP contribution in [-0.4, -0.2) is 39.7 Å². The fourth-order valence-corrected chi connectivity index (χ4v) is 3.00. The van der Waals surface area contributed by atoms with Crippen molar-refractivity contribution in [3.8, 4) is 5.69 Å². The summed E-state index contributed by atoms with van der Waals surface area (Å²) in [7, 11) is 0. The lowest BCUT2D eigenvalue weighted by Crippen LogP contribution is -2.45. The van der Waals surface area contributed by atoms with Crippen molar-refractivity contribution in [3.63, 3.8) is 0 Å². The van der Waals surface area contributed by atoms with Gasteiger partial charge in [-0.05, 0) is 43.9 Å². The molecule has 2 aromatic rings. The Kier molecular flexibility index (Phi) is 4.43. The highest BCUT2D eigenvalue weighted by atomic mass is 19.1. The maximum absolute atomic E-state index is 13.8. The second-order valence-electron chi connectivity index (χ2n) is 6.11. The molecule has 0 saturated carbocycles. The van der Waals surface area contributed by atoms with E-state index in [1.807, 2.05) is 6.92 Å². The number of aromatic nitrogens is 2. The van der Waals surface area contributed by atoms with Crippen molar-refractivity contribution in [1.29, 1.82) is 0 Å². The van der Waals surface area contributed by atoms with Crippen LogP contribution in [0.4, 0.5) is 4.39 Å². The van der Waals surface area contributed by atoms with Crippen LogP contribution < -0.4 is 5.73 Å². The van der Waals surface area contributed by atoms with E-state index in [2.05, 4.69) is 5.10 Å². The Bertz CT molecular complexity index is 697. The van der Waals surface area contributed by atoms with Crippen molar-refractivity contribution in [2.24, 2.45) is 11.7 Å². The predicted molar refractivity (Wildman–Crippen MR) is 85.8 cm³/mol. The van der Waals surface area contributed by atoms with Crippen LogP contribution in [0.5, 0.6) is 0 Å². The van der Waals surface area contributed by atoms with Crippen molar-refractivity contribution in [1.82, 2.24) is 14.7 Å². The molecule has 3 rings (SSSR count). The van der Waals surface area contributed by atoms with Crippen molar-refractivity contribution in [3.05, 3.63) is 48.0 Å². The Morgan fingerprint density at radius 1 is 1.39 bits per heavy atom. The Morgan fingerprint density at radius 2 is 2.17 bits per heavy atom. The lowest BCUT2D eigenvalue weighted by atomic mass is 9.92. The molecular weight excluding hydrogens is 295 g/mol. The summed E-state index contributed by atoms with van der Waals surface area (Å²) in [5.74, 6) is -0.170. The largest absolute Gasteiger partial charge is 0.337 e. The summed E-state index contributed by atoms with van der Waals surface area (Å²) in [6.45, 7) is 3.35. The standard InChI is InChI=1S/C17H21FN4O/c1-12(19)13-5-4-9-21(11-13)17(23)15-8-10-22(20-15)16-7-3-2-6-14(16)18/h2-3,6-8,10,12-13H,4-5,9,11,19H2,1H3/t12-,13-/m0/s1. The van der Waals surface area contributed by atoms with Crippen molar-refractivity contribution >= 4 is 5.91 Å². The molecule has 0 radical (unpaired) electrons. The van der Waals surface area contributed by atoms with E-state index in [1.54, 1.807) is 35.4 Å². The van der Waals surface area contributed by atoms with Crippen molar-refractivity contribution < 1.29 is 9.18 Å². The monoisotopic (exact) mass is 316 g/mol. The smallest absolute Gasteiger partial charge is 0.274 e. The van der Waals surface area contributed by atoms with E-state index in [4.69, 9.17) is 5.73 Å². The van der Waals surface area contributed by atoms with Gasteiger partial charge >= 0.3 is 0 Å². The van der Waals surface area contributed by atoms with E-state index in [1.165, 1.54) is 10.7 Å². The number of carbonyl (C=O) groups is 1. The number of piperidine rings is 1. The first-order chi connectivity index (χ1) is 11.1. The van der Waals surface area contributed by atoms with Gasteiger partial charge in [0, 0.05) is 25.3 Å². The van der Waals surface area contributed by atoms with E-state index in [-0.39, 0.29) is 17.8 Å². The van der Waals surface area contributed by atoms with Crippen LogP contribution in [0.25, 0.3) is 5.69 Å². The van der Waals surface area contributed by atoms with E-state index >= 15 is 0 Å². The van der Waals surface area contributed by atoms with Gasteiger partial charge in [-0.15, -0.1) is 0 Å². The molecule has 0 unspecified atom stereocenters. The zero-order valence-electron chi connectivity index (χ0n) is 13.2. The molecule has 1 aliphatic heterocycles. The Labute approximate surface area is 134 Å². The quantitative estimate of drug-likeness (QED) is 0.944. The number of nitrogens with zero attached hydrogens (tertiary/aromatic N) is 3. The average molecular weight is 316 g/mol.